The zero-order valence-electron chi connectivity index (χ0n) is 13.0. The third-order valence-electron chi connectivity index (χ3n) is 4.22. The summed E-state index contributed by atoms with van der Waals surface area (Å²) in [6.45, 7) is 0.178. The summed E-state index contributed by atoms with van der Waals surface area (Å²) in [5.41, 5.74) is 5.25. The molecule has 9 heteroatoms. The van der Waals surface area contributed by atoms with Crippen molar-refractivity contribution >= 4 is 30.7 Å². The lowest BCUT2D eigenvalue weighted by molar-refractivity contribution is -0.149. The van der Waals surface area contributed by atoms with Crippen molar-refractivity contribution in [2.75, 3.05) is 6.54 Å². The third-order valence-corrected chi connectivity index (χ3v) is 4.22. The van der Waals surface area contributed by atoms with Crippen LogP contribution < -0.4 is 11.1 Å². The van der Waals surface area contributed by atoms with E-state index in [1.807, 2.05) is 0 Å². The van der Waals surface area contributed by atoms with Crippen LogP contribution in [0.5, 0.6) is 0 Å². The van der Waals surface area contributed by atoms with Crippen LogP contribution in [0.3, 0.4) is 0 Å². The second-order valence-electron chi connectivity index (χ2n) is 5.63. The molecule has 1 aromatic heterocycles. The number of hydrogen-bond donors (Lipinski definition) is 2. The molecule has 1 aliphatic rings. The summed E-state index contributed by atoms with van der Waals surface area (Å²) in [6, 6.07) is 0.759. The van der Waals surface area contributed by atoms with Gasteiger partial charge in [-0.15, -0.1) is 24.8 Å². The summed E-state index contributed by atoms with van der Waals surface area (Å²) in [6.07, 6.45) is 6.40. The number of hydrogen-bond acceptors (Lipinski definition) is 3. The number of carbonyl (C=O) groups excluding carboxylic acids is 1. The minimum absolute atomic E-state index is 0. The SMILES string of the molecule is Cl.Cl.Cn1nccc1C(F)(F)C(=O)N[C@@H](CN)C1CCCCC1. The number of nitrogens with zero attached hydrogens (tertiary/aromatic N) is 2. The van der Waals surface area contributed by atoms with Crippen molar-refractivity contribution in [1.82, 2.24) is 15.1 Å². The maximum absolute atomic E-state index is 14.2. The Hall–Kier alpha value is -0.920. The molecule has 0 aromatic carbocycles. The molecule has 1 atom stereocenters. The van der Waals surface area contributed by atoms with E-state index in [4.69, 9.17) is 5.73 Å². The highest BCUT2D eigenvalue weighted by molar-refractivity contribution is 5.85. The molecule has 1 heterocycles. The summed E-state index contributed by atoms with van der Waals surface area (Å²) in [7, 11) is 1.39. The molecule has 0 spiro atoms. The summed E-state index contributed by atoms with van der Waals surface area (Å²) in [4.78, 5) is 12.0. The number of rotatable bonds is 5. The van der Waals surface area contributed by atoms with E-state index < -0.39 is 23.6 Å². The van der Waals surface area contributed by atoms with Crippen LogP contribution in [-0.2, 0) is 17.8 Å². The van der Waals surface area contributed by atoms with Gasteiger partial charge in [-0.25, -0.2) is 0 Å². The first-order chi connectivity index (χ1) is 9.96. The van der Waals surface area contributed by atoms with Crippen molar-refractivity contribution < 1.29 is 13.6 Å². The molecule has 0 unspecified atom stereocenters. The van der Waals surface area contributed by atoms with E-state index in [2.05, 4.69) is 10.4 Å². The number of alkyl halides is 2. The first-order valence-electron chi connectivity index (χ1n) is 7.34. The highest BCUT2D eigenvalue weighted by atomic mass is 35.5. The van der Waals surface area contributed by atoms with Gasteiger partial charge in [-0.1, -0.05) is 19.3 Å². The van der Waals surface area contributed by atoms with Gasteiger partial charge in [0.05, 0.1) is 0 Å². The first-order valence-corrected chi connectivity index (χ1v) is 7.34. The van der Waals surface area contributed by atoms with Crippen molar-refractivity contribution in [1.29, 1.82) is 0 Å². The average molecular weight is 373 g/mol. The predicted octanol–water partition coefficient (Wildman–Crippen LogP) is 2.38. The number of nitrogens with two attached hydrogens (primary N) is 1. The van der Waals surface area contributed by atoms with Crippen LogP contribution in [0.2, 0.25) is 0 Å². The number of nitrogens with one attached hydrogen (secondary N) is 1. The molecule has 3 N–H and O–H groups in total. The van der Waals surface area contributed by atoms with Crippen LogP contribution in [0.15, 0.2) is 12.3 Å². The highest BCUT2D eigenvalue weighted by Crippen LogP contribution is 2.30. The smallest absolute Gasteiger partial charge is 0.346 e. The topological polar surface area (TPSA) is 72.9 Å². The fourth-order valence-electron chi connectivity index (χ4n) is 2.96. The summed E-state index contributed by atoms with van der Waals surface area (Å²) in [5.74, 6) is -4.71. The van der Waals surface area contributed by atoms with Gasteiger partial charge < -0.3 is 11.1 Å². The fourth-order valence-corrected chi connectivity index (χ4v) is 2.96. The Morgan fingerprint density at radius 3 is 2.52 bits per heavy atom. The van der Waals surface area contributed by atoms with Crippen molar-refractivity contribution in [2.45, 2.75) is 44.1 Å². The van der Waals surface area contributed by atoms with Gasteiger partial charge in [0.2, 0.25) is 0 Å². The molecule has 0 saturated heterocycles. The molecule has 1 saturated carbocycles. The van der Waals surface area contributed by atoms with E-state index in [0.29, 0.717) is 0 Å². The molecule has 134 valence electrons. The van der Waals surface area contributed by atoms with Crippen molar-refractivity contribution in [3.05, 3.63) is 18.0 Å². The largest absolute Gasteiger partial charge is 0.365 e. The molecular formula is C14H24Cl2F2N4O. The quantitative estimate of drug-likeness (QED) is 0.833. The molecule has 5 nitrogen and oxygen atoms in total. The van der Waals surface area contributed by atoms with E-state index in [1.54, 1.807) is 0 Å². The molecule has 1 amide bonds. The van der Waals surface area contributed by atoms with Gasteiger partial charge in [-0.3, -0.25) is 9.48 Å². The maximum Gasteiger partial charge on any atom is 0.365 e. The van der Waals surface area contributed by atoms with E-state index in [1.165, 1.54) is 13.2 Å². The summed E-state index contributed by atoms with van der Waals surface area (Å²) in [5, 5.41) is 6.12. The summed E-state index contributed by atoms with van der Waals surface area (Å²) >= 11 is 0. The van der Waals surface area contributed by atoms with Crippen LogP contribution in [0.25, 0.3) is 0 Å². The van der Waals surface area contributed by atoms with E-state index in [-0.39, 0.29) is 37.3 Å². The van der Waals surface area contributed by atoms with Gasteiger partial charge in [0, 0.05) is 25.8 Å². The van der Waals surface area contributed by atoms with Gasteiger partial charge in [-0.05, 0) is 24.8 Å². The Kier molecular flexibility index (Phi) is 9.02. The lowest BCUT2D eigenvalue weighted by atomic mass is 9.84. The van der Waals surface area contributed by atoms with Crippen molar-refractivity contribution in [2.24, 2.45) is 18.7 Å². The Labute approximate surface area is 147 Å². The second-order valence-corrected chi connectivity index (χ2v) is 5.63. The minimum Gasteiger partial charge on any atom is -0.346 e. The van der Waals surface area contributed by atoms with Crippen LogP contribution in [0.1, 0.15) is 37.8 Å². The minimum atomic E-state index is -3.60. The normalized spacial score (nSPS) is 16.9. The number of aryl methyl sites for hydroxylation is 1. The molecule has 1 aromatic rings. The maximum atomic E-state index is 14.2. The highest BCUT2D eigenvalue weighted by Gasteiger charge is 2.44. The molecule has 0 bridgehead atoms. The Morgan fingerprint density at radius 1 is 1.43 bits per heavy atom. The van der Waals surface area contributed by atoms with Crippen LogP contribution in [-0.4, -0.2) is 28.3 Å². The average Bonchev–Trinajstić information content (AvgIpc) is 2.92. The molecule has 2 rings (SSSR count). The Morgan fingerprint density at radius 2 is 2.04 bits per heavy atom. The third kappa shape index (κ3) is 5.02. The van der Waals surface area contributed by atoms with E-state index >= 15 is 0 Å². The zero-order valence-corrected chi connectivity index (χ0v) is 14.6. The fraction of sp³-hybridized carbons (Fsp3) is 0.714. The number of halogens is 4. The van der Waals surface area contributed by atoms with Gasteiger partial charge >= 0.3 is 5.92 Å². The van der Waals surface area contributed by atoms with E-state index in [0.717, 1.165) is 42.9 Å². The molecular weight excluding hydrogens is 349 g/mol. The number of aromatic nitrogens is 2. The molecule has 23 heavy (non-hydrogen) atoms. The van der Waals surface area contributed by atoms with Gasteiger partial charge in [0.25, 0.3) is 5.91 Å². The van der Waals surface area contributed by atoms with Gasteiger partial charge in [0.1, 0.15) is 5.69 Å². The number of carbonyl (C=O) groups is 1. The van der Waals surface area contributed by atoms with E-state index in [9.17, 15) is 13.6 Å². The number of amides is 1. The van der Waals surface area contributed by atoms with Crippen LogP contribution in [0.4, 0.5) is 8.78 Å². The standard InChI is InChI=1S/C14H22F2N4O.2ClH/c1-20-12(7-8-18-20)14(15,16)13(21)19-11(9-17)10-5-3-2-4-6-10;;/h7-8,10-11H,2-6,9,17H2,1H3,(H,19,21);2*1H/t11-;;/m0../s1. The summed E-state index contributed by atoms with van der Waals surface area (Å²) < 4.78 is 29.4. The Bertz CT molecular complexity index is 493. The molecule has 1 aliphatic carbocycles. The first kappa shape index (κ1) is 22.1. The zero-order chi connectivity index (χ0) is 15.5. The monoisotopic (exact) mass is 372 g/mol. The molecule has 0 radical (unpaired) electrons. The second kappa shape index (κ2) is 9.39. The van der Waals surface area contributed by atoms with Crippen molar-refractivity contribution in [3.63, 3.8) is 0 Å². The molecule has 1 fully saturated rings. The van der Waals surface area contributed by atoms with Gasteiger partial charge in [0.15, 0.2) is 0 Å². The lowest BCUT2D eigenvalue weighted by Gasteiger charge is -2.31. The lowest BCUT2D eigenvalue weighted by Crippen LogP contribution is -2.50. The van der Waals surface area contributed by atoms with Crippen LogP contribution in [0, 0.1) is 5.92 Å². The van der Waals surface area contributed by atoms with Gasteiger partial charge in [-0.2, -0.15) is 13.9 Å². The Balaban J connectivity index is 0.00000242. The predicted molar refractivity (Wildman–Crippen MR) is 89.2 cm³/mol. The van der Waals surface area contributed by atoms with Crippen molar-refractivity contribution in [3.8, 4) is 0 Å². The van der Waals surface area contributed by atoms with Crippen LogP contribution >= 0.6 is 24.8 Å². The molecule has 0 aliphatic heterocycles.